The normalized spacial score (nSPS) is 53.2. The zero-order chi connectivity index (χ0) is 17.3. The van der Waals surface area contributed by atoms with Crippen LogP contribution in [-0.2, 0) is 14.3 Å². The highest BCUT2D eigenvalue weighted by molar-refractivity contribution is 5.84. The van der Waals surface area contributed by atoms with Crippen LogP contribution in [0.1, 0.15) is 65.2 Å². The maximum absolute atomic E-state index is 12.6. The molecule has 4 heteroatoms. The van der Waals surface area contributed by atoms with Crippen LogP contribution in [0.5, 0.6) is 0 Å². The van der Waals surface area contributed by atoms with E-state index >= 15 is 0 Å². The van der Waals surface area contributed by atoms with Crippen molar-refractivity contribution in [3.05, 3.63) is 0 Å². The Bertz CT molecular complexity index is 586. The van der Waals surface area contributed by atoms with Crippen molar-refractivity contribution in [1.82, 2.24) is 0 Å². The second-order valence-corrected chi connectivity index (χ2v) is 9.53. The average molecular weight is 334 g/mol. The van der Waals surface area contributed by atoms with E-state index in [0.29, 0.717) is 18.3 Å². The summed E-state index contributed by atoms with van der Waals surface area (Å²) in [5, 5.41) is 10.4. The first-order chi connectivity index (χ1) is 11.3. The Labute approximate surface area is 144 Å². The standard InChI is InChI=1S/C20H30O4/c1-18-6-4-7-19(2,17(23)24-3)15(18)5-8-20-10-13(21)12(9-16(18)20)14(22)11-20/h12-13,15-16,21H,4-11H2,1-3H3. The van der Waals surface area contributed by atoms with Crippen molar-refractivity contribution in [2.24, 2.45) is 34.0 Å². The smallest absolute Gasteiger partial charge is 0.311 e. The van der Waals surface area contributed by atoms with E-state index in [1.165, 1.54) is 7.11 Å². The van der Waals surface area contributed by atoms with Crippen LogP contribution in [0, 0.1) is 34.0 Å². The van der Waals surface area contributed by atoms with E-state index < -0.39 is 11.5 Å². The number of hydrogen-bond donors (Lipinski definition) is 1. The molecule has 5 fully saturated rings. The minimum Gasteiger partial charge on any atom is -0.469 e. The molecule has 24 heavy (non-hydrogen) atoms. The lowest BCUT2D eigenvalue weighted by atomic mass is 9.37. The number of Topliss-reactive ketones (excluding diaryl/α,β-unsaturated/α-hetero) is 1. The van der Waals surface area contributed by atoms with Crippen molar-refractivity contribution in [3.63, 3.8) is 0 Å². The third-order valence-corrected chi connectivity index (χ3v) is 8.60. The van der Waals surface area contributed by atoms with Crippen LogP contribution in [-0.4, -0.2) is 30.1 Å². The highest BCUT2D eigenvalue weighted by atomic mass is 16.5. The maximum Gasteiger partial charge on any atom is 0.311 e. The number of fused-ring (bicyclic) bond motifs is 3. The minimum absolute atomic E-state index is 0.0229. The molecule has 0 heterocycles. The van der Waals surface area contributed by atoms with Crippen LogP contribution in [0.4, 0.5) is 0 Å². The van der Waals surface area contributed by atoms with Crippen molar-refractivity contribution in [2.75, 3.05) is 7.11 Å². The van der Waals surface area contributed by atoms with Crippen molar-refractivity contribution < 1.29 is 19.4 Å². The molecular formula is C20H30O4. The Hall–Kier alpha value is -0.900. The molecule has 1 spiro atoms. The SMILES string of the molecule is COC(=O)C1(C)CCCC2(C)C3CC4C(=O)CC3(CCC12)CC4O. The summed E-state index contributed by atoms with van der Waals surface area (Å²) in [7, 11) is 1.50. The van der Waals surface area contributed by atoms with E-state index in [2.05, 4.69) is 13.8 Å². The number of aliphatic hydroxyl groups excluding tert-OH is 1. The molecule has 7 atom stereocenters. The van der Waals surface area contributed by atoms with Gasteiger partial charge in [0, 0.05) is 12.3 Å². The quantitative estimate of drug-likeness (QED) is 0.748. The van der Waals surface area contributed by atoms with Crippen molar-refractivity contribution >= 4 is 11.8 Å². The third-order valence-electron chi connectivity index (χ3n) is 8.60. The van der Waals surface area contributed by atoms with Gasteiger partial charge in [0.2, 0.25) is 0 Å². The second-order valence-electron chi connectivity index (χ2n) is 9.53. The molecule has 2 bridgehead atoms. The number of ketones is 1. The molecule has 0 saturated heterocycles. The number of carbonyl (C=O) groups is 2. The first kappa shape index (κ1) is 16.6. The molecule has 5 aliphatic rings. The van der Waals surface area contributed by atoms with Gasteiger partial charge in [-0.2, -0.15) is 0 Å². The molecule has 5 saturated carbocycles. The molecule has 0 aromatic heterocycles. The van der Waals surface area contributed by atoms with Gasteiger partial charge >= 0.3 is 5.97 Å². The van der Waals surface area contributed by atoms with E-state index in [0.717, 1.165) is 44.9 Å². The number of methoxy groups -OCH3 is 1. The Morgan fingerprint density at radius 2 is 1.96 bits per heavy atom. The molecule has 7 unspecified atom stereocenters. The van der Waals surface area contributed by atoms with Gasteiger partial charge in [0.1, 0.15) is 5.78 Å². The van der Waals surface area contributed by atoms with E-state index in [-0.39, 0.29) is 28.5 Å². The van der Waals surface area contributed by atoms with E-state index in [9.17, 15) is 14.7 Å². The summed E-state index contributed by atoms with van der Waals surface area (Å²) in [4.78, 5) is 25.0. The minimum atomic E-state index is -0.446. The van der Waals surface area contributed by atoms with Crippen LogP contribution >= 0.6 is 0 Å². The summed E-state index contributed by atoms with van der Waals surface area (Å²) in [6, 6.07) is 0. The van der Waals surface area contributed by atoms with Crippen LogP contribution < -0.4 is 0 Å². The van der Waals surface area contributed by atoms with Gasteiger partial charge < -0.3 is 9.84 Å². The van der Waals surface area contributed by atoms with Crippen molar-refractivity contribution in [3.8, 4) is 0 Å². The topological polar surface area (TPSA) is 63.6 Å². The average Bonchev–Trinajstić information content (AvgIpc) is 2.52. The molecule has 5 rings (SSSR count). The summed E-state index contributed by atoms with van der Waals surface area (Å²) in [6.07, 6.45) is 6.85. The van der Waals surface area contributed by atoms with Gasteiger partial charge in [0.15, 0.2) is 0 Å². The predicted molar refractivity (Wildman–Crippen MR) is 89.1 cm³/mol. The molecule has 0 aromatic carbocycles. The lowest BCUT2D eigenvalue weighted by Crippen LogP contribution is -2.64. The zero-order valence-electron chi connectivity index (χ0n) is 15.1. The monoisotopic (exact) mass is 334 g/mol. The predicted octanol–water partition coefficient (Wildman–Crippen LogP) is 3.11. The zero-order valence-corrected chi connectivity index (χ0v) is 15.1. The van der Waals surface area contributed by atoms with E-state index in [1.54, 1.807) is 0 Å². The van der Waals surface area contributed by atoms with Crippen LogP contribution in [0.3, 0.4) is 0 Å². The van der Waals surface area contributed by atoms with Crippen LogP contribution in [0.15, 0.2) is 0 Å². The fourth-order valence-electron chi connectivity index (χ4n) is 7.60. The molecule has 0 aliphatic heterocycles. The number of ether oxygens (including phenoxy) is 1. The number of rotatable bonds is 1. The highest BCUT2D eigenvalue weighted by Crippen LogP contribution is 2.70. The highest BCUT2D eigenvalue weighted by Gasteiger charge is 2.67. The number of aliphatic hydroxyl groups is 1. The Kier molecular flexibility index (Phi) is 3.49. The number of hydrogen-bond acceptors (Lipinski definition) is 4. The summed E-state index contributed by atoms with van der Waals surface area (Å²) in [5.41, 5.74) is -0.341. The molecular weight excluding hydrogens is 304 g/mol. The maximum atomic E-state index is 12.6. The lowest BCUT2D eigenvalue weighted by molar-refractivity contribution is -0.211. The number of carbonyl (C=O) groups excluding carboxylic acids is 2. The molecule has 0 amide bonds. The summed E-state index contributed by atoms with van der Waals surface area (Å²) in [5.74, 6) is 0.830. The number of esters is 1. The fraction of sp³-hybridized carbons (Fsp3) is 0.900. The third kappa shape index (κ3) is 1.89. The van der Waals surface area contributed by atoms with Crippen LogP contribution in [0.25, 0.3) is 0 Å². The van der Waals surface area contributed by atoms with Gasteiger partial charge in [-0.1, -0.05) is 13.3 Å². The lowest BCUT2D eigenvalue weighted by Gasteiger charge is -2.67. The van der Waals surface area contributed by atoms with Crippen LogP contribution in [0.2, 0.25) is 0 Å². The molecule has 0 radical (unpaired) electrons. The first-order valence-corrected chi connectivity index (χ1v) is 9.56. The molecule has 4 nitrogen and oxygen atoms in total. The molecule has 5 aliphatic carbocycles. The van der Waals surface area contributed by atoms with Gasteiger partial charge in [0.05, 0.1) is 18.6 Å². The van der Waals surface area contributed by atoms with E-state index in [1.807, 2.05) is 0 Å². The van der Waals surface area contributed by atoms with Gasteiger partial charge in [-0.15, -0.1) is 0 Å². The summed E-state index contributed by atoms with van der Waals surface area (Å²) >= 11 is 0. The Balaban J connectivity index is 1.74. The summed E-state index contributed by atoms with van der Waals surface area (Å²) < 4.78 is 5.18. The first-order valence-electron chi connectivity index (χ1n) is 9.56. The van der Waals surface area contributed by atoms with Gasteiger partial charge in [-0.05, 0) is 68.1 Å². The molecule has 134 valence electrons. The Morgan fingerprint density at radius 3 is 2.62 bits per heavy atom. The van der Waals surface area contributed by atoms with Gasteiger partial charge in [-0.3, -0.25) is 9.59 Å². The van der Waals surface area contributed by atoms with Gasteiger partial charge in [-0.25, -0.2) is 0 Å². The summed E-state index contributed by atoms with van der Waals surface area (Å²) in [6.45, 7) is 4.46. The molecule has 0 aromatic rings. The van der Waals surface area contributed by atoms with Gasteiger partial charge in [0.25, 0.3) is 0 Å². The van der Waals surface area contributed by atoms with E-state index in [4.69, 9.17) is 4.74 Å². The second kappa shape index (κ2) is 5.06. The van der Waals surface area contributed by atoms with Crippen molar-refractivity contribution in [1.29, 1.82) is 0 Å². The van der Waals surface area contributed by atoms with Crippen molar-refractivity contribution in [2.45, 2.75) is 71.3 Å². The fourth-order valence-corrected chi connectivity index (χ4v) is 7.60. The molecule has 1 N–H and O–H groups in total. The Morgan fingerprint density at radius 1 is 1.21 bits per heavy atom. The largest absolute Gasteiger partial charge is 0.469 e.